The van der Waals surface area contributed by atoms with Gasteiger partial charge < -0.3 is 14.8 Å². The molecule has 0 saturated heterocycles. The molecular weight excluding hydrogens is 310 g/mol. The van der Waals surface area contributed by atoms with Gasteiger partial charge in [0, 0.05) is 11.8 Å². The van der Waals surface area contributed by atoms with Gasteiger partial charge in [0.1, 0.15) is 23.9 Å². The molecule has 0 amide bonds. The second-order valence-corrected chi connectivity index (χ2v) is 5.70. The van der Waals surface area contributed by atoms with Crippen LogP contribution in [-0.4, -0.2) is 23.2 Å². The SMILES string of the molecule is Clc1nc(Nc2ccc3c(c2)OCCO3)c2ccsc2n1. The van der Waals surface area contributed by atoms with E-state index < -0.39 is 0 Å². The molecule has 0 atom stereocenters. The molecule has 2 aromatic heterocycles. The van der Waals surface area contributed by atoms with E-state index in [9.17, 15) is 0 Å². The van der Waals surface area contributed by atoms with Crippen LogP contribution in [0, 0.1) is 0 Å². The molecule has 3 heterocycles. The van der Waals surface area contributed by atoms with E-state index in [2.05, 4.69) is 15.3 Å². The lowest BCUT2D eigenvalue weighted by Crippen LogP contribution is -2.15. The van der Waals surface area contributed by atoms with Gasteiger partial charge in [-0.25, -0.2) is 4.98 Å². The average Bonchev–Trinajstić information content (AvgIpc) is 2.95. The number of aromatic nitrogens is 2. The van der Waals surface area contributed by atoms with Gasteiger partial charge in [-0.15, -0.1) is 11.3 Å². The van der Waals surface area contributed by atoms with Gasteiger partial charge in [-0.2, -0.15) is 4.98 Å². The van der Waals surface area contributed by atoms with Crippen LogP contribution in [-0.2, 0) is 0 Å². The Kier molecular flexibility index (Phi) is 3.05. The van der Waals surface area contributed by atoms with E-state index in [1.54, 1.807) is 0 Å². The van der Waals surface area contributed by atoms with Crippen LogP contribution in [0.25, 0.3) is 10.2 Å². The third kappa shape index (κ3) is 2.36. The highest BCUT2D eigenvalue weighted by Gasteiger charge is 2.13. The van der Waals surface area contributed by atoms with Gasteiger partial charge in [-0.3, -0.25) is 0 Å². The van der Waals surface area contributed by atoms with Crippen LogP contribution in [0.3, 0.4) is 0 Å². The monoisotopic (exact) mass is 319 g/mol. The maximum atomic E-state index is 5.96. The Balaban J connectivity index is 1.72. The average molecular weight is 320 g/mol. The third-order valence-electron chi connectivity index (χ3n) is 3.10. The number of hydrogen-bond acceptors (Lipinski definition) is 6. The molecule has 3 aromatic rings. The summed E-state index contributed by atoms with van der Waals surface area (Å²) in [6.07, 6.45) is 0. The van der Waals surface area contributed by atoms with Crippen molar-refractivity contribution in [2.75, 3.05) is 18.5 Å². The van der Waals surface area contributed by atoms with Crippen LogP contribution in [0.5, 0.6) is 11.5 Å². The van der Waals surface area contributed by atoms with Gasteiger partial charge in [0.25, 0.3) is 0 Å². The lowest BCUT2D eigenvalue weighted by Gasteiger charge is -2.19. The van der Waals surface area contributed by atoms with Crippen LogP contribution in [0.1, 0.15) is 0 Å². The van der Waals surface area contributed by atoms with E-state index >= 15 is 0 Å². The summed E-state index contributed by atoms with van der Waals surface area (Å²) in [7, 11) is 0. The number of nitrogens with zero attached hydrogens (tertiary/aromatic N) is 2. The number of anilines is 2. The van der Waals surface area contributed by atoms with Crippen molar-refractivity contribution in [3.63, 3.8) is 0 Å². The number of benzene rings is 1. The molecule has 0 radical (unpaired) electrons. The molecule has 0 spiro atoms. The predicted molar refractivity (Wildman–Crippen MR) is 83.1 cm³/mol. The van der Waals surface area contributed by atoms with E-state index in [0.29, 0.717) is 19.0 Å². The number of ether oxygens (including phenoxy) is 2. The van der Waals surface area contributed by atoms with E-state index in [-0.39, 0.29) is 5.28 Å². The highest BCUT2D eigenvalue weighted by atomic mass is 35.5. The van der Waals surface area contributed by atoms with Crippen molar-refractivity contribution >= 4 is 44.7 Å². The fourth-order valence-electron chi connectivity index (χ4n) is 2.18. The zero-order chi connectivity index (χ0) is 14.2. The van der Waals surface area contributed by atoms with E-state index in [0.717, 1.165) is 27.4 Å². The molecule has 1 aliphatic rings. The number of rotatable bonds is 2. The van der Waals surface area contributed by atoms with Crippen molar-refractivity contribution in [2.45, 2.75) is 0 Å². The summed E-state index contributed by atoms with van der Waals surface area (Å²) in [4.78, 5) is 9.31. The van der Waals surface area contributed by atoms with E-state index in [1.165, 1.54) is 11.3 Å². The summed E-state index contributed by atoms with van der Waals surface area (Å²) in [5.74, 6) is 2.17. The Morgan fingerprint density at radius 1 is 1.10 bits per heavy atom. The zero-order valence-corrected chi connectivity index (χ0v) is 12.4. The number of halogens is 1. The van der Waals surface area contributed by atoms with Crippen LogP contribution in [0.15, 0.2) is 29.6 Å². The van der Waals surface area contributed by atoms with Gasteiger partial charge in [0.15, 0.2) is 11.5 Å². The Morgan fingerprint density at radius 3 is 2.86 bits per heavy atom. The summed E-state index contributed by atoms with van der Waals surface area (Å²) in [5, 5.41) is 6.39. The van der Waals surface area contributed by atoms with Crippen molar-refractivity contribution < 1.29 is 9.47 Å². The van der Waals surface area contributed by atoms with Gasteiger partial charge in [-0.05, 0) is 35.2 Å². The molecule has 21 heavy (non-hydrogen) atoms. The zero-order valence-electron chi connectivity index (χ0n) is 10.8. The first-order chi connectivity index (χ1) is 10.3. The highest BCUT2D eigenvalue weighted by Crippen LogP contribution is 2.35. The third-order valence-corrected chi connectivity index (χ3v) is 4.08. The molecule has 0 aliphatic carbocycles. The molecule has 1 N–H and O–H groups in total. The van der Waals surface area contributed by atoms with E-state index in [4.69, 9.17) is 21.1 Å². The summed E-state index contributed by atoms with van der Waals surface area (Å²) in [6.45, 7) is 1.14. The molecule has 106 valence electrons. The van der Waals surface area contributed by atoms with E-state index in [1.807, 2.05) is 29.6 Å². The Morgan fingerprint density at radius 2 is 1.95 bits per heavy atom. The fourth-order valence-corrected chi connectivity index (χ4v) is 3.17. The van der Waals surface area contributed by atoms with Crippen LogP contribution in [0.4, 0.5) is 11.5 Å². The Labute approximate surface area is 129 Å². The second-order valence-electron chi connectivity index (χ2n) is 4.46. The minimum Gasteiger partial charge on any atom is -0.486 e. The molecule has 1 aliphatic heterocycles. The number of thiophene rings is 1. The van der Waals surface area contributed by atoms with Crippen molar-refractivity contribution in [3.8, 4) is 11.5 Å². The molecule has 0 bridgehead atoms. The topological polar surface area (TPSA) is 56.3 Å². The summed E-state index contributed by atoms with van der Waals surface area (Å²) in [5.41, 5.74) is 0.863. The lowest BCUT2D eigenvalue weighted by atomic mass is 10.2. The van der Waals surface area contributed by atoms with Crippen molar-refractivity contribution in [1.29, 1.82) is 0 Å². The molecule has 0 unspecified atom stereocenters. The molecule has 0 saturated carbocycles. The fraction of sp³-hybridized carbons (Fsp3) is 0.143. The first kappa shape index (κ1) is 12.7. The largest absolute Gasteiger partial charge is 0.486 e. The molecule has 4 rings (SSSR count). The Hall–Kier alpha value is -2.05. The summed E-state index contributed by atoms with van der Waals surface area (Å²) in [6, 6.07) is 7.66. The van der Waals surface area contributed by atoms with Crippen molar-refractivity contribution in [3.05, 3.63) is 34.9 Å². The second kappa shape index (κ2) is 5.05. The Bertz CT molecular complexity index is 821. The standard InChI is InChI=1S/C14H10ClN3O2S/c15-14-17-12(9-3-6-21-13(9)18-14)16-8-1-2-10-11(7-8)20-5-4-19-10/h1-3,6-7H,4-5H2,(H,16,17,18). The van der Waals surface area contributed by atoms with Crippen molar-refractivity contribution in [2.24, 2.45) is 0 Å². The minimum absolute atomic E-state index is 0.227. The number of nitrogens with one attached hydrogen (secondary N) is 1. The molecule has 5 nitrogen and oxygen atoms in total. The van der Waals surface area contributed by atoms with Crippen LogP contribution >= 0.6 is 22.9 Å². The maximum Gasteiger partial charge on any atom is 0.225 e. The molecule has 1 aromatic carbocycles. The van der Waals surface area contributed by atoms with Gasteiger partial charge >= 0.3 is 0 Å². The van der Waals surface area contributed by atoms with Gasteiger partial charge in [-0.1, -0.05) is 0 Å². The quantitative estimate of drug-likeness (QED) is 0.727. The first-order valence-electron chi connectivity index (χ1n) is 6.37. The molecular formula is C14H10ClN3O2S. The highest BCUT2D eigenvalue weighted by molar-refractivity contribution is 7.16. The van der Waals surface area contributed by atoms with Gasteiger partial charge in [0.05, 0.1) is 5.39 Å². The summed E-state index contributed by atoms with van der Waals surface area (Å²) >= 11 is 7.49. The number of hydrogen-bond donors (Lipinski definition) is 1. The van der Waals surface area contributed by atoms with Crippen LogP contribution in [0.2, 0.25) is 5.28 Å². The maximum absolute atomic E-state index is 5.96. The van der Waals surface area contributed by atoms with Crippen LogP contribution < -0.4 is 14.8 Å². The number of fused-ring (bicyclic) bond motifs is 2. The molecule has 7 heteroatoms. The lowest BCUT2D eigenvalue weighted by molar-refractivity contribution is 0.171. The smallest absolute Gasteiger partial charge is 0.225 e. The first-order valence-corrected chi connectivity index (χ1v) is 7.63. The van der Waals surface area contributed by atoms with Gasteiger partial charge in [0.2, 0.25) is 5.28 Å². The predicted octanol–water partition coefficient (Wildman–Crippen LogP) is 3.86. The van der Waals surface area contributed by atoms with Crippen molar-refractivity contribution in [1.82, 2.24) is 9.97 Å². The summed E-state index contributed by atoms with van der Waals surface area (Å²) < 4.78 is 11.1. The molecule has 0 fully saturated rings. The normalized spacial score (nSPS) is 13.4. The minimum atomic E-state index is 0.227.